The van der Waals surface area contributed by atoms with Crippen molar-refractivity contribution in [3.8, 4) is 0 Å². The summed E-state index contributed by atoms with van der Waals surface area (Å²) in [5.41, 5.74) is 6.65. The molecule has 1 rings (SSSR count). The second-order valence-electron chi connectivity index (χ2n) is 4.30. The highest BCUT2D eigenvalue weighted by atomic mass is 16.1. The lowest BCUT2D eigenvalue weighted by Crippen LogP contribution is -2.39. The zero-order valence-electron chi connectivity index (χ0n) is 10.1. The number of hydrogen-bond acceptors (Lipinski definition) is 3. The zero-order chi connectivity index (χ0) is 12.1. The molecule has 0 spiro atoms. The maximum Gasteiger partial charge on any atom is 0.224 e. The van der Waals surface area contributed by atoms with Gasteiger partial charge < -0.3 is 15.6 Å². The van der Waals surface area contributed by atoms with Crippen LogP contribution < -0.4 is 11.1 Å². The fourth-order valence-electron chi connectivity index (χ4n) is 1.52. The zero-order valence-corrected chi connectivity index (χ0v) is 10.1. The molecule has 1 aromatic heterocycles. The summed E-state index contributed by atoms with van der Waals surface area (Å²) in [6.07, 6.45) is 4.13. The summed E-state index contributed by atoms with van der Waals surface area (Å²) < 4.78 is 1.91. The highest BCUT2D eigenvalue weighted by Gasteiger charge is 2.19. The molecular weight excluding hydrogens is 204 g/mol. The van der Waals surface area contributed by atoms with Gasteiger partial charge in [-0.05, 0) is 13.8 Å². The van der Waals surface area contributed by atoms with Crippen LogP contribution in [-0.2, 0) is 18.3 Å². The molecule has 0 fully saturated rings. The Hall–Kier alpha value is -1.36. The van der Waals surface area contributed by atoms with Gasteiger partial charge in [-0.15, -0.1) is 0 Å². The first-order valence-corrected chi connectivity index (χ1v) is 5.50. The number of aromatic nitrogens is 2. The number of nitrogens with two attached hydrogens (primary N) is 1. The number of hydrogen-bond donors (Lipinski definition) is 2. The van der Waals surface area contributed by atoms with Gasteiger partial charge in [0.2, 0.25) is 5.91 Å². The molecule has 0 aliphatic rings. The van der Waals surface area contributed by atoms with E-state index in [1.807, 2.05) is 25.5 Å². The third kappa shape index (κ3) is 3.34. The largest absolute Gasteiger partial charge is 0.354 e. The SMILES string of the molecule is CC(C)NC(=O)C(CN)Cc1cncn1C. The molecule has 0 saturated carbocycles. The number of rotatable bonds is 5. The summed E-state index contributed by atoms with van der Waals surface area (Å²) >= 11 is 0. The third-order valence-electron chi connectivity index (χ3n) is 2.46. The van der Waals surface area contributed by atoms with E-state index in [0.717, 1.165) is 5.69 Å². The van der Waals surface area contributed by atoms with Gasteiger partial charge in [-0.2, -0.15) is 0 Å². The summed E-state index contributed by atoms with van der Waals surface area (Å²) in [6.45, 7) is 4.23. The van der Waals surface area contributed by atoms with Crippen molar-refractivity contribution >= 4 is 5.91 Å². The summed E-state index contributed by atoms with van der Waals surface area (Å²) in [5, 5.41) is 2.88. The normalized spacial score (nSPS) is 12.8. The highest BCUT2D eigenvalue weighted by Crippen LogP contribution is 2.07. The number of nitrogens with zero attached hydrogens (tertiary/aromatic N) is 2. The number of imidazole rings is 1. The van der Waals surface area contributed by atoms with Crippen molar-refractivity contribution in [1.82, 2.24) is 14.9 Å². The van der Waals surface area contributed by atoms with Crippen LogP contribution >= 0.6 is 0 Å². The number of amides is 1. The monoisotopic (exact) mass is 224 g/mol. The smallest absolute Gasteiger partial charge is 0.224 e. The average molecular weight is 224 g/mol. The topological polar surface area (TPSA) is 72.9 Å². The van der Waals surface area contributed by atoms with Gasteiger partial charge in [-0.1, -0.05) is 0 Å². The Morgan fingerprint density at radius 2 is 2.31 bits per heavy atom. The molecule has 1 unspecified atom stereocenters. The molecule has 0 aliphatic heterocycles. The van der Waals surface area contributed by atoms with E-state index in [4.69, 9.17) is 5.73 Å². The molecule has 0 aliphatic carbocycles. The molecule has 1 aromatic rings. The van der Waals surface area contributed by atoms with Crippen molar-refractivity contribution in [2.75, 3.05) is 6.54 Å². The van der Waals surface area contributed by atoms with Gasteiger partial charge in [-0.3, -0.25) is 4.79 Å². The lowest BCUT2D eigenvalue weighted by molar-refractivity contribution is -0.125. The van der Waals surface area contributed by atoms with Crippen LogP contribution in [0.25, 0.3) is 0 Å². The second kappa shape index (κ2) is 5.65. The molecule has 5 nitrogen and oxygen atoms in total. The van der Waals surface area contributed by atoms with Gasteiger partial charge in [0.15, 0.2) is 0 Å². The lowest BCUT2D eigenvalue weighted by Gasteiger charge is -2.16. The van der Waals surface area contributed by atoms with Crippen molar-refractivity contribution in [3.63, 3.8) is 0 Å². The Kier molecular flexibility index (Phi) is 4.49. The fraction of sp³-hybridized carbons (Fsp3) is 0.636. The Morgan fingerprint density at radius 3 is 2.75 bits per heavy atom. The maximum absolute atomic E-state index is 11.8. The minimum atomic E-state index is -0.183. The van der Waals surface area contributed by atoms with Crippen molar-refractivity contribution in [2.45, 2.75) is 26.3 Å². The Morgan fingerprint density at radius 1 is 1.62 bits per heavy atom. The third-order valence-corrected chi connectivity index (χ3v) is 2.46. The molecule has 0 aromatic carbocycles. The second-order valence-corrected chi connectivity index (χ2v) is 4.30. The van der Waals surface area contributed by atoms with E-state index >= 15 is 0 Å². The van der Waals surface area contributed by atoms with Crippen LogP contribution in [0.1, 0.15) is 19.5 Å². The van der Waals surface area contributed by atoms with E-state index in [1.165, 1.54) is 0 Å². The summed E-state index contributed by atoms with van der Waals surface area (Å²) in [7, 11) is 1.91. The standard InChI is InChI=1S/C11H20N4O/c1-8(2)14-11(16)9(5-12)4-10-6-13-7-15(10)3/h6-9H,4-5,12H2,1-3H3,(H,14,16). The fourth-order valence-corrected chi connectivity index (χ4v) is 1.52. The van der Waals surface area contributed by atoms with Crippen LogP contribution in [0, 0.1) is 5.92 Å². The van der Waals surface area contributed by atoms with Crippen LogP contribution in [0.15, 0.2) is 12.5 Å². The predicted octanol–water partition coefficient (Wildman–Crippen LogP) is 0.0621. The quantitative estimate of drug-likeness (QED) is 0.743. The van der Waals surface area contributed by atoms with E-state index < -0.39 is 0 Å². The van der Waals surface area contributed by atoms with E-state index in [0.29, 0.717) is 13.0 Å². The van der Waals surface area contributed by atoms with E-state index in [-0.39, 0.29) is 17.9 Å². The van der Waals surface area contributed by atoms with Crippen molar-refractivity contribution < 1.29 is 4.79 Å². The van der Waals surface area contributed by atoms with Gasteiger partial charge in [0, 0.05) is 37.9 Å². The van der Waals surface area contributed by atoms with Crippen LogP contribution in [0.2, 0.25) is 0 Å². The minimum Gasteiger partial charge on any atom is -0.354 e. The molecule has 0 bridgehead atoms. The molecule has 1 amide bonds. The van der Waals surface area contributed by atoms with Crippen LogP contribution in [-0.4, -0.2) is 28.0 Å². The van der Waals surface area contributed by atoms with Crippen molar-refractivity contribution in [2.24, 2.45) is 18.7 Å². The lowest BCUT2D eigenvalue weighted by atomic mass is 10.0. The van der Waals surface area contributed by atoms with Gasteiger partial charge >= 0.3 is 0 Å². The van der Waals surface area contributed by atoms with Gasteiger partial charge in [0.05, 0.1) is 12.2 Å². The van der Waals surface area contributed by atoms with Gasteiger partial charge in [0.1, 0.15) is 0 Å². The van der Waals surface area contributed by atoms with E-state index in [1.54, 1.807) is 12.5 Å². The van der Waals surface area contributed by atoms with Gasteiger partial charge in [-0.25, -0.2) is 4.98 Å². The molecule has 5 heteroatoms. The van der Waals surface area contributed by atoms with Crippen LogP contribution in [0.3, 0.4) is 0 Å². The Bertz CT molecular complexity index is 346. The molecule has 0 saturated heterocycles. The van der Waals surface area contributed by atoms with Crippen molar-refractivity contribution in [3.05, 3.63) is 18.2 Å². The number of nitrogens with one attached hydrogen (secondary N) is 1. The van der Waals surface area contributed by atoms with Crippen molar-refractivity contribution in [1.29, 1.82) is 0 Å². The van der Waals surface area contributed by atoms with E-state index in [2.05, 4.69) is 10.3 Å². The minimum absolute atomic E-state index is 0.0127. The molecule has 3 N–H and O–H groups in total. The highest BCUT2D eigenvalue weighted by molar-refractivity contribution is 5.79. The Labute approximate surface area is 96.0 Å². The Balaban J connectivity index is 2.62. The average Bonchev–Trinajstić information content (AvgIpc) is 2.59. The predicted molar refractivity (Wildman–Crippen MR) is 62.7 cm³/mol. The van der Waals surface area contributed by atoms with E-state index in [9.17, 15) is 4.79 Å². The number of aryl methyl sites for hydroxylation is 1. The number of carbonyl (C=O) groups excluding carboxylic acids is 1. The molecule has 16 heavy (non-hydrogen) atoms. The molecule has 90 valence electrons. The molecule has 1 atom stereocenters. The summed E-state index contributed by atoms with van der Waals surface area (Å²) in [5.74, 6) is -0.170. The first-order valence-electron chi connectivity index (χ1n) is 5.50. The molecular formula is C11H20N4O. The molecule has 0 radical (unpaired) electrons. The summed E-state index contributed by atoms with van der Waals surface area (Å²) in [6, 6.07) is 0.146. The number of carbonyl (C=O) groups is 1. The first kappa shape index (κ1) is 12.7. The van der Waals surface area contributed by atoms with Crippen LogP contribution in [0.5, 0.6) is 0 Å². The van der Waals surface area contributed by atoms with Gasteiger partial charge in [0.25, 0.3) is 0 Å². The first-order chi connectivity index (χ1) is 7.54. The maximum atomic E-state index is 11.8. The molecule has 1 heterocycles. The summed E-state index contributed by atoms with van der Waals surface area (Å²) in [4.78, 5) is 15.8. The van der Waals surface area contributed by atoms with Crippen LogP contribution in [0.4, 0.5) is 0 Å².